The van der Waals surface area contributed by atoms with Crippen LogP contribution in [0.3, 0.4) is 0 Å². The van der Waals surface area contributed by atoms with E-state index in [1.54, 1.807) is 41.0 Å². The van der Waals surface area contributed by atoms with E-state index in [2.05, 4.69) is 20.4 Å². The zero-order valence-electron chi connectivity index (χ0n) is 20.4. The number of pyridine rings is 1. The van der Waals surface area contributed by atoms with E-state index in [1.165, 1.54) is 6.08 Å². The van der Waals surface area contributed by atoms with Crippen LogP contribution in [0, 0.1) is 6.92 Å². The fourth-order valence-electron chi connectivity index (χ4n) is 4.34. The molecule has 36 heavy (non-hydrogen) atoms. The summed E-state index contributed by atoms with van der Waals surface area (Å²) in [4.78, 5) is 37.2. The molecular formula is C26H27N7O3. The van der Waals surface area contributed by atoms with Crippen molar-refractivity contribution in [2.24, 2.45) is 7.05 Å². The molecule has 10 nitrogen and oxygen atoms in total. The zero-order chi connectivity index (χ0) is 25.2. The molecule has 10 heteroatoms. The molecular weight excluding hydrogens is 458 g/mol. The quantitative estimate of drug-likeness (QED) is 0.415. The Hall–Kier alpha value is -4.47. The summed E-state index contributed by atoms with van der Waals surface area (Å²) in [6.45, 7) is 5.13. The minimum atomic E-state index is -0.304. The molecule has 0 fully saturated rings. The second-order valence-electron chi connectivity index (χ2n) is 8.57. The lowest BCUT2D eigenvalue weighted by molar-refractivity contribution is -0.126. The first-order chi connectivity index (χ1) is 17.4. The molecule has 1 N–H and O–H groups in total. The Kier molecular flexibility index (Phi) is 6.24. The Morgan fingerprint density at radius 1 is 1.14 bits per heavy atom. The van der Waals surface area contributed by atoms with E-state index in [9.17, 15) is 9.59 Å². The van der Waals surface area contributed by atoms with Crippen molar-refractivity contribution >= 4 is 28.8 Å². The second-order valence-corrected chi connectivity index (χ2v) is 8.57. The van der Waals surface area contributed by atoms with Crippen molar-refractivity contribution in [1.82, 2.24) is 29.2 Å². The van der Waals surface area contributed by atoms with Gasteiger partial charge < -0.3 is 14.2 Å². The number of nitrogens with zero attached hydrogens (tertiary/aromatic N) is 6. The number of rotatable bonds is 1. The molecule has 4 aromatic rings. The van der Waals surface area contributed by atoms with E-state index >= 15 is 0 Å². The summed E-state index contributed by atoms with van der Waals surface area (Å²) in [5.74, 6) is 0.520. The third-order valence-corrected chi connectivity index (χ3v) is 6.07. The van der Waals surface area contributed by atoms with Gasteiger partial charge in [0, 0.05) is 31.4 Å². The summed E-state index contributed by atoms with van der Waals surface area (Å²) < 4.78 is 9.65. The number of amides is 2. The van der Waals surface area contributed by atoms with E-state index in [-0.39, 0.29) is 18.4 Å². The van der Waals surface area contributed by atoms with Gasteiger partial charge in [0.2, 0.25) is 17.7 Å². The smallest absolute Gasteiger partial charge is 0.258 e. The Morgan fingerprint density at radius 2 is 1.97 bits per heavy atom. The summed E-state index contributed by atoms with van der Waals surface area (Å²) in [5, 5.41) is 7.30. The van der Waals surface area contributed by atoms with E-state index in [0.717, 1.165) is 11.0 Å². The zero-order valence-corrected chi connectivity index (χ0v) is 20.4. The van der Waals surface area contributed by atoms with E-state index in [4.69, 9.17) is 4.74 Å². The number of carbonyl (C=O) groups is 2. The molecule has 4 heterocycles. The van der Waals surface area contributed by atoms with Gasteiger partial charge in [0.05, 0.1) is 35.0 Å². The number of allylic oxidation sites excluding steroid dienone is 1. The molecule has 2 amide bonds. The molecule has 1 aliphatic rings. The van der Waals surface area contributed by atoms with Gasteiger partial charge in [-0.05, 0) is 44.2 Å². The van der Waals surface area contributed by atoms with E-state index in [0.29, 0.717) is 54.0 Å². The van der Waals surface area contributed by atoms with Gasteiger partial charge in [-0.3, -0.25) is 19.9 Å². The summed E-state index contributed by atoms with van der Waals surface area (Å²) in [6, 6.07) is 11.1. The Bertz CT molecular complexity index is 1480. The number of benzene rings is 1. The van der Waals surface area contributed by atoms with Crippen molar-refractivity contribution in [3.05, 3.63) is 66.0 Å². The van der Waals surface area contributed by atoms with Gasteiger partial charge in [-0.1, -0.05) is 18.2 Å². The number of nitrogens with one attached hydrogen (secondary N) is 1. The van der Waals surface area contributed by atoms with Crippen molar-refractivity contribution in [1.29, 1.82) is 0 Å². The van der Waals surface area contributed by atoms with Crippen LogP contribution in [-0.4, -0.2) is 60.7 Å². The highest BCUT2D eigenvalue weighted by Gasteiger charge is 2.21. The summed E-state index contributed by atoms with van der Waals surface area (Å²) >= 11 is 0. The third kappa shape index (κ3) is 4.45. The molecule has 0 atom stereocenters. The van der Waals surface area contributed by atoms with E-state index < -0.39 is 0 Å². The van der Waals surface area contributed by atoms with Crippen LogP contribution in [0.5, 0.6) is 5.88 Å². The van der Waals surface area contributed by atoms with Crippen molar-refractivity contribution in [3.63, 3.8) is 0 Å². The normalized spacial score (nSPS) is 14.5. The minimum absolute atomic E-state index is 0.116. The van der Waals surface area contributed by atoms with Crippen LogP contribution in [0.15, 0.2) is 54.7 Å². The van der Waals surface area contributed by atoms with Crippen LogP contribution in [0.25, 0.3) is 22.3 Å². The Morgan fingerprint density at radius 3 is 2.81 bits per heavy atom. The van der Waals surface area contributed by atoms with Crippen LogP contribution in [0.4, 0.5) is 5.95 Å². The number of hydrogen-bond acceptors (Lipinski definition) is 6. The number of para-hydroxylation sites is 2. The first-order valence-electron chi connectivity index (χ1n) is 11.8. The highest BCUT2D eigenvalue weighted by atomic mass is 16.5. The third-order valence-electron chi connectivity index (χ3n) is 6.07. The summed E-state index contributed by atoms with van der Waals surface area (Å²) in [5.41, 5.74) is 4.02. The first kappa shape index (κ1) is 23.3. The van der Waals surface area contributed by atoms with Crippen molar-refractivity contribution in [3.8, 4) is 17.1 Å². The monoisotopic (exact) mass is 485 g/mol. The lowest BCUT2D eigenvalue weighted by Crippen LogP contribution is -2.36. The molecule has 3 aromatic heterocycles. The van der Waals surface area contributed by atoms with Crippen LogP contribution < -0.4 is 10.1 Å². The van der Waals surface area contributed by atoms with Crippen LogP contribution >= 0.6 is 0 Å². The fourth-order valence-corrected chi connectivity index (χ4v) is 4.34. The highest BCUT2D eigenvalue weighted by Crippen LogP contribution is 2.29. The molecule has 0 saturated heterocycles. The van der Waals surface area contributed by atoms with Crippen LogP contribution in [0.1, 0.15) is 23.0 Å². The molecule has 2 bridgehead atoms. The topological polar surface area (TPSA) is 107 Å². The van der Waals surface area contributed by atoms with Gasteiger partial charge in [0.25, 0.3) is 5.91 Å². The maximum Gasteiger partial charge on any atom is 0.258 e. The second kappa shape index (κ2) is 9.65. The molecule has 0 spiro atoms. The maximum atomic E-state index is 13.4. The first-order valence-corrected chi connectivity index (χ1v) is 11.8. The van der Waals surface area contributed by atoms with E-state index in [1.807, 2.05) is 42.7 Å². The van der Waals surface area contributed by atoms with Crippen molar-refractivity contribution in [2.75, 3.05) is 25.0 Å². The van der Waals surface area contributed by atoms with Gasteiger partial charge in [-0.2, -0.15) is 5.10 Å². The molecule has 1 aliphatic heterocycles. The molecule has 184 valence electrons. The van der Waals surface area contributed by atoms with Crippen LogP contribution in [0.2, 0.25) is 0 Å². The number of aromatic nitrogens is 5. The number of hydrogen-bond donors (Lipinski definition) is 1. The average Bonchev–Trinajstić information content (AvgIpc) is 3.40. The minimum Gasteiger partial charge on any atom is -0.475 e. The molecule has 0 aliphatic carbocycles. The van der Waals surface area contributed by atoms with Gasteiger partial charge >= 0.3 is 0 Å². The maximum absolute atomic E-state index is 13.4. The number of carbonyl (C=O) groups excluding carboxylic acids is 2. The molecule has 0 saturated carbocycles. The van der Waals surface area contributed by atoms with Crippen molar-refractivity contribution < 1.29 is 14.3 Å². The molecule has 0 unspecified atom stereocenters. The average molecular weight is 486 g/mol. The predicted octanol–water partition coefficient (Wildman–Crippen LogP) is 3.19. The standard InChI is InChI=1S/C26H27N7O3/c1-4-7-23(34)32-10-11-33-22-9-6-5-8-20(22)29-26(33)30-24(35)18-14-17(2)28-21(15-18)19-16-27-31(3)25(19)36-13-12-32/h4-9,14-16H,10-13H2,1-3H3,(H,29,30,35)/b7-4+. The fraction of sp³-hybridized carbons (Fsp3) is 0.269. The number of imidazole rings is 1. The molecule has 5 rings (SSSR count). The van der Waals surface area contributed by atoms with Gasteiger partial charge in [0.1, 0.15) is 6.61 Å². The number of ether oxygens (including phenoxy) is 1. The number of anilines is 1. The summed E-state index contributed by atoms with van der Waals surface area (Å²) in [7, 11) is 1.78. The van der Waals surface area contributed by atoms with Crippen molar-refractivity contribution in [2.45, 2.75) is 20.4 Å². The lowest BCUT2D eigenvalue weighted by Gasteiger charge is -2.22. The highest BCUT2D eigenvalue weighted by molar-refractivity contribution is 6.04. The van der Waals surface area contributed by atoms with Gasteiger partial charge in [0.15, 0.2) is 0 Å². The van der Waals surface area contributed by atoms with Gasteiger partial charge in [-0.25, -0.2) is 9.67 Å². The molecule has 1 aromatic carbocycles. The lowest BCUT2D eigenvalue weighted by atomic mass is 10.1. The largest absolute Gasteiger partial charge is 0.475 e. The SMILES string of the molecule is C/C=C/C(=O)N1CCOc2c(cnn2C)-c2cc(cc(C)n2)C(=O)Nc2nc3ccccc3n2CC1. The summed E-state index contributed by atoms with van der Waals surface area (Å²) in [6.07, 6.45) is 4.92. The predicted molar refractivity (Wildman–Crippen MR) is 136 cm³/mol. The van der Waals surface area contributed by atoms with Gasteiger partial charge in [-0.15, -0.1) is 0 Å². The number of aryl methyl sites for hydroxylation is 2. The van der Waals surface area contributed by atoms with Crippen LogP contribution in [-0.2, 0) is 18.4 Å². The Balaban J connectivity index is 1.62. The Labute approximate surface area is 208 Å². The number of fused-ring (bicyclic) bond motifs is 7. The molecule has 0 radical (unpaired) electrons.